The zero-order valence-electron chi connectivity index (χ0n) is 16.1. The van der Waals surface area contributed by atoms with Crippen molar-refractivity contribution < 1.29 is 0 Å². The van der Waals surface area contributed by atoms with Gasteiger partial charge in [0, 0.05) is 19.0 Å². The highest BCUT2D eigenvalue weighted by atomic mass is 15.5. The van der Waals surface area contributed by atoms with Crippen molar-refractivity contribution in [2.75, 3.05) is 19.6 Å². The van der Waals surface area contributed by atoms with Crippen molar-refractivity contribution in [3.63, 3.8) is 0 Å². The van der Waals surface area contributed by atoms with Crippen LogP contribution < -0.4 is 5.32 Å². The van der Waals surface area contributed by atoms with E-state index in [0.717, 1.165) is 26.1 Å². The maximum absolute atomic E-state index is 5.16. The van der Waals surface area contributed by atoms with Crippen LogP contribution in [0.2, 0.25) is 0 Å². The molecule has 0 amide bonds. The Morgan fingerprint density at radius 1 is 1.07 bits per heavy atom. The van der Waals surface area contributed by atoms with Crippen LogP contribution in [0.1, 0.15) is 43.4 Å². The van der Waals surface area contributed by atoms with Crippen molar-refractivity contribution >= 4 is 11.8 Å². The third-order valence-corrected chi connectivity index (χ3v) is 5.63. The predicted molar refractivity (Wildman–Crippen MR) is 114 cm³/mol. The number of benzene rings is 2. The molecule has 0 radical (unpaired) electrons. The molecule has 1 aliphatic heterocycles. The second kappa shape index (κ2) is 8.53. The molecule has 2 aromatic rings. The van der Waals surface area contributed by atoms with Gasteiger partial charge < -0.3 is 5.32 Å². The monoisotopic (exact) mass is 359 g/mol. The van der Waals surface area contributed by atoms with E-state index < -0.39 is 0 Å². The maximum Gasteiger partial charge on any atom is 0.0805 e. The van der Waals surface area contributed by atoms with Crippen molar-refractivity contribution in [1.82, 2.24) is 10.3 Å². The fourth-order valence-corrected chi connectivity index (χ4v) is 4.38. The maximum atomic E-state index is 5.16. The van der Waals surface area contributed by atoms with Gasteiger partial charge in [-0.05, 0) is 48.6 Å². The molecule has 1 N–H and O–H groups in total. The standard InChI is InChI=1S/C24H29N3/c1-2-25-16-17-27-24(20-12-7-4-8-13-20)22-15-9-14-21(23(22)26-27)18-19-10-5-3-6-11-19/h3-8,10-13,18,22,24-25H,2,9,14-17H2,1H3. The summed E-state index contributed by atoms with van der Waals surface area (Å²) in [4.78, 5) is 0. The minimum atomic E-state index is 0.360. The van der Waals surface area contributed by atoms with Crippen molar-refractivity contribution in [3.8, 4) is 0 Å². The summed E-state index contributed by atoms with van der Waals surface area (Å²) < 4.78 is 0. The molecule has 4 rings (SSSR count). The van der Waals surface area contributed by atoms with Crippen LogP contribution in [0.15, 0.2) is 71.3 Å². The summed E-state index contributed by atoms with van der Waals surface area (Å²) in [7, 11) is 0. The molecule has 3 nitrogen and oxygen atoms in total. The number of hydrogen-bond acceptors (Lipinski definition) is 3. The first-order chi connectivity index (χ1) is 13.4. The molecule has 0 aromatic heterocycles. The van der Waals surface area contributed by atoms with Crippen LogP contribution in [0.25, 0.3) is 6.08 Å². The van der Waals surface area contributed by atoms with E-state index >= 15 is 0 Å². The van der Waals surface area contributed by atoms with Crippen LogP contribution in [0.5, 0.6) is 0 Å². The van der Waals surface area contributed by atoms with Gasteiger partial charge in [0.15, 0.2) is 0 Å². The fraction of sp³-hybridized carbons (Fsp3) is 0.375. The van der Waals surface area contributed by atoms with E-state index in [0.29, 0.717) is 12.0 Å². The van der Waals surface area contributed by atoms with Crippen molar-refractivity contribution in [1.29, 1.82) is 0 Å². The number of fused-ring (bicyclic) bond motifs is 1. The lowest BCUT2D eigenvalue weighted by Gasteiger charge is -2.30. The summed E-state index contributed by atoms with van der Waals surface area (Å²) >= 11 is 0. The molecule has 27 heavy (non-hydrogen) atoms. The Labute approximate surface area is 162 Å². The number of likely N-dealkylation sites (N-methyl/N-ethyl adjacent to an activating group) is 1. The smallest absolute Gasteiger partial charge is 0.0805 e. The van der Waals surface area contributed by atoms with Gasteiger partial charge in [0.2, 0.25) is 0 Å². The number of rotatable bonds is 6. The first kappa shape index (κ1) is 18.0. The summed E-state index contributed by atoms with van der Waals surface area (Å²) in [5.41, 5.74) is 5.40. The highest BCUT2D eigenvalue weighted by molar-refractivity contribution is 6.07. The lowest BCUT2D eigenvalue weighted by molar-refractivity contribution is 0.198. The molecule has 140 valence electrons. The molecule has 0 saturated heterocycles. The third-order valence-electron chi connectivity index (χ3n) is 5.63. The van der Waals surface area contributed by atoms with E-state index in [-0.39, 0.29) is 0 Å². The molecule has 3 heteroatoms. The summed E-state index contributed by atoms with van der Waals surface area (Å²) in [6.45, 7) is 5.08. The third kappa shape index (κ3) is 3.98. The van der Waals surface area contributed by atoms with E-state index in [9.17, 15) is 0 Å². The van der Waals surface area contributed by atoms with Gasteiger partial charge in [-0.2, -0.15) is 5.10 Å². The van der Waals surface area contributed by atoms with Gasteiger partial charge in [-0.15, -0.1) is 0 Å². The van der Waals surface area contributed by atoms with Crippen LogP contribution in [-0.4, -0.2) is 30.4 Å². The Balaban J connectivity index is 1.65. The zero-order valence-corrected chi connectivity index (χ0v) is 16.1. The summed E-state index contributed by atoms with van der Waals surface area (Å²) in [6.07, 6.45) is 5.95. The molecular weight excluding hydrogens is 330 g/mol. The van der Waals surface area contributed by atoms with Gasteiger partial charge in [-0.1, -0.05) is 67.6 Å². The van der Waals surface area contributed by atoms with Gasteiger partial charge in [0.05, 0.1) is 11.8 Å². The Bertz CT molecular complexity index is 795. The molecule has 1 heterocycles. The Hall–Kier alpha value is -2.39. The van der Waals surface area contributed by atoms with Crippen LogP contribution in [0, 0.1) is 5.92 Å². The summed E-state index contributed by atoms with van der Waals surface area (Å²) in [6, 6.07) is 22.0. The molecule has 2 aliphatic rings. The van der Waals surface area contributed by atoms with Crippen LogP contribution >= 0.6 is 0 Å². The van der Waals surface area contributed by atoms with Gasteiger partial charge in [-0.3, -0.25) is 5.01 Å². The number of allylic oxidation sites excluding steroid dienone is 1. The zero-order chi connectivity index (χ0) is 18.5. The Morgan fingerprint density at radius 2 is 1.81 bits per heavy atom. The highest BCUT2D eigenvalue weighted by Gasteiger charge is 2.40. The highest BCUT2D eigenvalue weighted by Crippen LogP contribution is 2.44. The number of nitrogens with one attached hydrogen (secondary N) is 1. The second-order valence-electron chi connectivity index (χ2n) is 7.44. The van der Waals surface area contributed by atoms with E-state index in [1.807, 2.05) is 0 Å². The van der Waals surface area contributed by atoms with Crippen molar-refractivity contribution in [2.45, 2.75) is 32.2 Å². The minimum Gasteiger partial charge on any atom is -0.315 e. The average molecular weight is 360 g/mol. The quantitative estimate of drug-likeness (QED) is 0.744. The first-order valence-corrected chi connectivity index (χ1v) is 10.2. The molecule has 1 saturated carbocycles. The molecule has 2 unspecified atom stereocenters. The number of nitrogens with zero attached hydrogens (tertiary/aromatic N) is 2. The van der Waals surface area contributed by atoms with E-state index in [1.54, 1.807) is 0 Å². The van der Waals surface area contributed by atoms with Crippen LogP contribution in [0.3, 0.4) is 0 Å². The molecule has 0 spiro atoms. The van der Waals surface area contributed by atoms with Gasteiger partial charge in [0.25, 0.3) is 0 Å². The predicted octanol–water partition coefficient (Wildman–Crippen LogP) is 4.89. The number of hydrazone groups is 1. The van der Waals surface area contributed by atoms with E-state index in [1.165, 1.54) is 35.3 Å². The topological polar surface area (TPSA) is 27.6 Å². The van der Waals surface area contributed by atoms with E-state index in [2.05, 4.69) is 84.0 Å². The first-order valence-electron chi connectivity index (χ1n) is 10.2. The van der Waals surface area contributed by atoms with Crippen LogP contribution in [0.4, 0.5) is 0 Å². The fourth-order valence-electron chi connectivity index (χ4n) is 4.38. The molecule has 1 aliphatic carbocycles. The largest absolute Gasteiger partial charge is 0.315 e. The average Bonchev–Trinajstić information content (AvgIpc) is 3.09. The molecule has 1 fully saturated rings. The number of hydrogen-bond donors (Lipinski definition) is 1. The Morgan fingerprint density at radius 3 is 2.56 bits per heavy atom. The van der Waals surface area contributed by atoms with Gasteiger partial charge in [0.1, 0.15) is 0 Å². The van der Waals surface area contributed by atoms with E-state index in [4.69, 9.17) is 5.10 Å². The van der Waals surface area contributed by atoms with Crippen LogP contribution in [-0.2, 0) is 0 Å². The second-order valence-corrected chi connectivity index (χ2v) is 7.44. The SMILES string of the molecule is CCNCCN1N=C2C(=Cc3ccccc3)CCCC2C1c1ccccc1. The minimum absolute atomic E-state index is 0.360. The van der Waals surface area contributed by atoms with Crippen molar-refractivity contribution in [2.24, 2.45) is 11.0 Å². The molecule has 2 atom stereocenters. The van der Waals surface area contributed by atoms with Crippen molar-refractivity contribution in [3.05, 3.63) is 77.4 Å². The lowest BCUT2D eigenvalue weighted by atomic mass is 9.77. The summed E-state index contributed by atoms with van der Waals surface area (Å²) in [5, 5.41) is 10.9. The van der Waals surface area contributed by atoms with Gasteiger partial charge >= 0.3 is 0 Å². The molecule has 0 bridgehead atoms. The van der Waals surface area contributed by atoms with Gasteiger partial charge in [-0.25, -0.2) is 0 Å². The normalized spacial score (nSPS) is 23.4. The lowest BCUT2D eigenvalue weighted by Crippen LogP contribution is -2.32. The molecular formula is C24H29N3. The Kier molecular flexibility index (Phi) is 5.69. The molecule has 2 aromatic carbocycles. The summed E-state index contributed by atoms with van der Waals surface area (Å²) in [5.74, 6) is 0.498.